The molecule has 0 aliphatic carbocycles. The molecule has 2 aromatic rings. The highest BCUT2D eigenvalue weighted by Crippen LogP contribution is 2.36. The lowest BCUT2D eigenvalue weighted by Crippen LogP contribution is -1.95. The van der Waals surface area contributed by atoms with Crippen LogP contribution in [0, 0.1) is 20.8 Å². The summed E-state index contributed by atoms with van der Waals surface area (Å²) in [6, 6.07) is 4.03. The van der Waals surface area contributed by atoms with E-state index in [1.165, 1.54) is 0 Å². The van der Waals surface area contributed by atoms with Crippen molar-refractivity contribution in [2.45, 2.75) is 27.3 Å². The molecule has 0 bridgehead atoms. The molecule has 6 nitrogen and oxygen atoms in total. The predicted octanol–water partition coefficient (Wildman–Crippen LogP) is 4.09. The summed E-state index contributed by atoms with van der Waals surface area (Å²) in [6.45, 7) is 6.00. The molecule has 6 heteroatoms. The highest BCUT2D eigenvalue weighted by atomic mass is 16.5. The quantitative estimate of drug-likeness (QED) is 0.477. The van der Waals surface area contributed by atoms with Gasteiger partial charge in [0.25, 0.3) is 0 Å². The minimum absolute atomic E-state index is 0.206. The molecular weight excluding hydrogens is 256 g/mol. The summed E-state index contributed by atoms with van der Waals surface area (Å²) in [5.74, 6) is 1.40. The Bertz CT molecular complexity index is 685. The molecule has 0 N–H and O–H groups in total. The molecule has 1 aromatic carbocycles. The second-order valence-electron chi connectivity index (χ2n) is 4.62. The van der Waals surface area contributed by atoms with Crippen molar-refractivity contribution >= 4 is 0 Å². The van der Waals surface area contributed by atoms with Gasteiger partial charge in [0.1, 0.15) is 17.2 Å². The van der Waals surface area contributed by atoms with Crippen molar-refractivity contribution in [2.75, 3.05) is 7.11 Å². The zero-order valence-electron chi connectivity index (χ0n) is 12.0. The first-order valence-electron chi connectivity index (χ1n) is 6.20. The summed E-state index contributed by atoms with van der Waals surface area (Å²) in [5.41, 5.74) is 12.9. The molecule has 0 amide bonds. The standard InChI is InChI=1S/C14H16N4O2/c1-8-5-9(2)14(19-4)11(6-8)13-12(7-16-18-15)10(3)20-17-13/h5-6H,7H2,1-4H3. The van der Waals surface area contributed by atoms with Crippen LogP contribution in [-0.4, -0.2) is 12.3 Å². The molecule has 0 atom stereocenters. The van der Waals surface area contributed by atoms with Crippen LogP contribution in [0.3, 0.4) is 0 Å². The molecule has 0 aliphatic rings. The first-order chi connectivity index (χ1) is 9.58. The second kappa shape index (κ2) is 5.67. The maximum atomic E-state index is 8.49. The van der Waals surface area contributed by atoms with Crippen LogP contribution in [0.25, 0.3) is 21.7 Å². The molecule has 104 valence electrons. The number of nitrogens with zero attached hydrogens (tertiary/aromatic N) is 4. The van der Waals surface area contributed by atoms with E-state index in [4.69, 9.17) is 14.8 Å². The van der Waals surface area contributed by atoms with Crippen molar-refractivity contribution in [3.8, 4) is 17.0 Å². The Morgan fingerprint density at radius 3 is 2.75 bits per heavy atom. The zero-order chi connectivity index (χ0) is 14.7. The third kappa shape index (κ3) is 2.46. The van der Waals surface area contributed by atoms with E-state index in [0.29, 0.717) is 11.5 Å². The minimum atomic E-state index is 0.206. The third-order valence-corrected chi connectivity index (χ3v) is 3.15. The average molecular weight is 272 g/mol. The average Bonchev–Trinajstić information content (AvgIpc) is 2.76. The molecule has 0 saturated heterocycles. The smallest absolute Gasteiger partial charge is 0.137 e. The lowest BCUT2D eigenvalue weighted by Gasteiger charge is -2.11. The fraction of sp³-hybridized carbons (Fsp3) is 0.357. The van der Waals surface area contributed by atoms with Crippen molar-refractivity contribution in [3.63, 3.8) is 0 Å². The summed E-state index contributed by atoms with van der Waals surface area (Å²) in [5, 5.41) is 7.69. The summed E-state index contributed by atoms with van der Waals surface area (Å²) in [6.07, 6.45) is 0. The molecule has 1 heterocycles. The SMILES string of the molecule is COc1c(C)cc(C)cc1-c1noc(C)c1CN=[N+]=[N-]. The van der Waals surface area contributed by atoms with Gasteiger partial charge in [-0.05, 0) is 43.5 Å². The van der Waals surface area contributed by atoms with E-state index < -0.39 is 0 Å². The summed E-state index contributed by atoms with van der Waals surface area (Å²) in [7, 11) is 1.63. The topological polar surface area (TPSA) is 84.0 Å². The number of methoxy groups -OCH3 is 1. The van der Waals surface area contributed by atoms with Crippen molar-refractivity contribution in [1.82, 2.24) is 5.16 Å². The maximum Gasteiger partial charge on any atom is 0.137 e. The second-order valence-corrected chi connectivity index (χ2v) is 4.62. The number of aryl methyl sites for hydroxylation is 3. The Labute approximate surface area is 117 Å². The van der Waals surface area contributed by atoms with Crippen LogP contribution >= 0.6 is 0 Å². The zero-order valence-corrected chi connectivity index (χ0v) is 12.0. The largest absolute Gasteiger partial charge is 0.496 e. The molecule has 0 aliphatic heterocycles. The van der Waals surface area contributed by atoms with Crippen LogP contribution in [0.1, 0.15) is 22.5 Å². The first kappa shape index (κ1) is 14.0. The van der Waals surface area contributed by atoms with Gasteiger partial charge in [0.2, 0.25) is 0 Å². The molecular formula is C14H16N4O2. The van der Waals surface area contributed by atoms with E-state index in [2.05, 4.69) is 15.2 Å². The molecule has 0 spiro atoms. The van der Waals surface area contributed by atoms with E-state index in [0.717, 1.165) is 28.0 Å². The molecule has 0 fully saturated rings. The van der Waals surface area contributed by atoms with Gasteiger partial charge in [0.05, 0.1) is 13.7 Å². The van der Waals surface area contributed by atoms with E-state index >= 15 is 0 Å². The van der Waals surface area contributed by atoms with Crippen LogP contribution < -0.4 is 4.74 Å². The van der Waals surface area contributed by atoms with Gasteiger partial charge >= 0.3 is 0 Å². The monoisotopic (exact) mass is 272 g/mol. The summed E-state index contributed by atoms with van der Waals surface area (Å²) < 4.78 is 10.7. The van der Waals surface area contributed by atoms with Crippen LogP contribution in [0.5, 0.6) is 5.75 Å². The molecule has 0 saturated carbocycles. The number of rotatable bonds is 4. The van der Waals surface area contributed by atoms with Gasteiger partial charge in [-0.3, -0.25) is 0 Å². The number of aromatic nitrogens is 1. The van der Waals surface area contributed by atoms with E-state index in [9.17, 15) is 0 Å². The van der Waals surface area contributed by atoms with Crippen molar-refractivity contribution < 1.29 is 9.26 Å². The van der Waals surface area contributed by atoms with E-state index in [1.807, 2.05) is 26.0 Å². The van der Waals surface area contributed by atoms with Crippen LogP contribution in [-0.2, 0) is 6.54 Å². The Kier molecular flexibility index (Phi) is 3.96. The van der Waals surface area contributed by atoms with Crippen LogP contribution in [0.2, 0.25) is 0 Å². The van der Waals surface area contributed by atoms with Crippen LogP contribution in [0.15, 0.2) is 21.8 Å². The fourth-order valence-electron chi connectivity index (χ4n) is 2.29. The predicted molar refractivity (Wildman–Crippen MR) is 75.6 cm³/mol. The van der Waals surface area contributed by atoms with Gasteiger partial charge in [-0.15, -0.1) is 0 Å². The number of benzene rings is 1. The van der Waals surface area contributed by atoms with Crippen molar-refractivity contribution in [2.24, 2.45) is 5.11 Å². The lowest BCUT2D eigenvalue weighted by molar-refractivity contribution is 0.395. The van der Waals surface area contributed by atoms with Crippen LogP contribution in [0.4, 0.5) is 0 Å². The molecule has 20 heavy (non-hydrogen) atoms. The molecule has 2 rings (SSSR count). The first-order valence-corrected chi connectivity index (χ1v) is 6.20. The molecule has 0 radical (unpaired) electrons. The van der Waals surface area contributed by atoms with E-state index in [1.54, 1.807) is 14.0 Å². The Morgan fingerprint density at radius 1 is 1.35 bits per heavy atom. The maximum absolute atomic E-state index is 8.49. The normalized spacial score (nSPS) is 10.2. The number of azide groups is 1. The summed E-state index contributed by atoms with van der Waals surface area (Å²) >= 11 is 0. The Hall–Kier alpha value is -2.46. The van der Waals surface area contributed by atoms with Gasteiger partial charge in [-0.1, -0.05) is 16.3 Å². The Balaban J connectivity index is 2.65. The number of hydrogen-bond donors (Lipinski definition) is 0. The van der Waals surface area contributed by atoms with Gasteiger partial charge < -0.3 is 9.26 Å². The van der Waals surface area contributed by atoms with Gasteiger partial charge in [0.15, 0.2) is 0 Å². The van der Waals surface area contributed by atoms with Crippen molar-refractivity contribution in [1.29, 1.82) is 0 Å². The van der Waals surface area contributed by atoms with Gasteiger partial charge in [-0.25, -0.2) is 0 Å². The van der Waals surface area contributed by atoms with Gasteiger partial charge in [-0.2, -0.15) is 0 Å². The highest BCUT2D eigenvalue weighted by molar-refractivity contribution is 5.72. The fourth-order valence-corrected chi connectivity index (χ4v) is 2.29. The number of hydrogen-bond acceptors (Lipinski definition) is 4. The van der Waals surface area contributed by atoms with E-state index in [-0.39, 0.29) is 6.54 Å². The third-order valence-electron chi connectivity index (χ3n) is 3.15. The van der Waals surface area contributed by atoms with Crippen molar-refractivity contribution in [3.05, 3.63) is 45.0 Å². The Morgan fingerprint density at radius 2 is 2.10 bits per heavy atom. The minimum Gasteiger partial charge on any atom is -0.496 e. The molecule has 1 aromatic heterocycles. The highest BCUT2D eigenvalue weighted by Gasteiger charge is 2.19. The summed E-state index contributed by atoms with van der Waals surface area (Å²) in [4.78, 5) is 2.79. The molecule has 0 unspecified atom stereocenters. The lowest BCUT2D eigenvalue weighted by atomic mass is 10.00. The number of ether oxygens (including phenoxy) is 1. The van der Waals surface area contributed by atoms with Gasteiger partial charge in [0, 0.05) is 16.0 Å².